The lowest BCUT2D eigenvalue weighted by Crippen LogP contribution is -2.25. The first kappa shape index (κ1) is 22.8. The van der Waals surface area contributed by atoms with Crippen LogP contribution in [0.15, 0.2) is 82.7 Å². The van der Waals surface area contributed by atoms with E-state index < -0.39 is 0 Å². The fourth-order valence-corrected chi connectivity index (χ4v) is 5.15. The monoisotopic (exact) mass is 563 g/mol. The highest BCUT2D eigenvalue weighted by Crippen LogP contribution is 2.31. The number of fused-ring (bicyclic) bond motifs is 1. The fourth-order valence-electron chi connectivity index (χ4n) is 4.45. The van der Waals surface area contributed by atoms with Crippen LogP contribution in [-0.2, 0) is 6.61 Å². The molecular formula is C28H26IN3O2. The smallest absolute Gasteiger partial charge is 0.282 e. The summed E-state index contributed by atoms with van der Waals surface area (Å²) in [4.78, 5) is 18.2. The number of halogens is 1. The van der Waals surface area contributed by atoms with Gasteiger partial charge in [-0.2, -0.15) is 9.78 Å². The number of ether oxygens (including phenoxy) is 1. The van der Waals surface area contributed by atoms with Crippen molar-refractivity contribution in [3.63, 3.8) is 0 Å². The molecular weight excluding hydrogens is 537 g/mol. The van der Waals surface area contributed by atoms with Crippen molar-refractivity contribution in [1.29, 1.82) is 0 Å². The molecule has 172 valence electrons. The van der Waals surface area contributed by atoms with E-state index in [0.29, 0.717) is 12.0 Å². The second-order valence-corrected chi connectivity index (χ2v) is 9.81. The third-order valence-electron chi connectivity index (χ3n) is 6.26. The molecule has 0 radical (unpaired) electrons. The molecule has 1 heterocycles. The molecule has 1 fully saturated rings. The first-order valence-corrected chi connectivity index (χ1v) is 12.8. The first-order chi connectivity index (χ1) is 16.7. The van der Waals surface area contributed by atoms with Crippen molar-refractivity contribution in [2.24, 2.45) is 5.10 Å². The standard InChI is InChI=1S/C28H26IN3O2/c29-24-17-21(15-16-26(24)34-19-20-9-3-1-4-10-20)18-30-32-27(22-11-5-2-6-12-22)31-25-14-8-7-13-23(25)28(32)33/h1,3-4,7-10,13-18,22H,2,5-6,11-12,19H2. The van der Waals surface area contributed by atoms with E-state index >= 15 is 0 Å². The number of aromatic nitrogens is 2. The van der Waals surface area contributed by atoms with Crippen molar-refractivity contribution in [2.45, 2.75) is 44.6 Å². The molecule has 5 nitrogen and oxygen atoms in total. The SMILES string of the molecule is O=c1c2ccccc2nc(C2CCCCC2)n1N=Cc1ccc(OCc2ccccc2)c(I)c1. The molecule has 6 heteroatoms. The Bertz CT molecular complexity index is 1380. The number of rotatable bonds is 6. The average Bonchev–Trinajstić information content (AvgIpc) is 2.88. The molecule has 0 spiro atoms. The minimum atomic E-state index is -0.111. The largest absolute Gasteiger partial charge is 0.488 e. The van der Waals surface area contributed by atoms with Crippen LogP contribution in [0.2, 0.25) is 0 Å². The van der Waals surface area contributed by atoms with Crippen LogP contribution < -0.4 is 10.3 Å². The summed E-state index contributed by atoms with van der Waals surface area (Å²) in [5.41, 5.74) is 2.67. The lowest BCUT2D eigenvalue weighted by Gasteiger charge is -2.22. The van der Waals surface area contributed by atoms with E-state index in [1.807, 2.05) is 72.8 Å². The fraction of sp³-hybridized carbons (Fsp3) is 0.250. The first-order valence-electron chi connectivity index (χ1n) is 11.7. The van der Waals surface area contributed by atoms with E-state index in [0.717, 1.165) is 44.6 Å². The van der Waals surface area contributed by atoms with Gasteiger partial charge in [-0.05, 0) is 76.9 Å². The molecule has 0 aliphatic heterocycles. The zero-order valence-corrected chi connectivity index (χ0v) is 21.0. The van der Waals surface area contributed by atoms with Gasteiger partial charge in [0.05, 0.1) is 20.7 Å². The van der Waals surface area contributed by atoms with Crippen LogP contribution in [0.25, 0.3) is 10.9 Å². The number of benzene rings is 3. The van der Waals surface area contributed by atoms with E-state index in [1.54, 1.807) is 6.21 Å². The minimum absolute atomic E-state index is 0.111. The Morgan fingerprint density at radius 1 is 1.00 bits per heavy atom. The highest BCUT2D eigenvalue weighted by atomic mass is 127. The highest BCUT2D eigenvalue weighted by molar-refractivity contribution is 14.1. The van der Waals surface area contributed by atoms with Gasteiger partial charge < -0.3 is 4.74 Å². The molecule has 1 aliphatic rings. The van der Waals surface area contributed by atoms with Gasteiger partial charge in [-0.15, -0.1) is 0 Å². The molecule has 4 aromatic rings. The Kier molecular flexibility index (Phi) is 7.04. The predicted octanol–water partition coefficient (Wildman–Crippen LogP) is 6.51. The van der Waals surface area contributed by atoms with Crippen molar-refractivity contribution < 1.29 is 4.74 Å². The van der Waals surface area contributed by atoms with Gasteiger partial charge in [-0.25, -0.2) is 4.98 Å². The summed E-state index contributed by atoms with van der Waals surface area (Å²) >= 11 is 2.28. The van der Waals surface area contributed by atoms with Crippen molar-refractivity contribution in [2.75, 3.05) is 0 Å². The van der Waals surface area contributed by atoms with Crippen molar-refractivity contribution >= 4 is 39.7 Å². The van der Waals surface area contributed by atoms with Gasteiger partial charge in [0, 0.05) is 5.92 Å². The summed E-state index contributed by atoms with van der Waals surface area (Å²) in [6, 6.07) is 23.6. The zero-order chi connectivity index (χ0) is 23.3. The molecule has 34 heavy (non-hydrogen) atoms. The summed E-state index contributed by atoms with van der Waals surface area (Å²) in [7, 11) is 0. The number of hydrogen-bond donors (Lipinski definition) is 0. The van der Waals surface area contributed by atoms with Gasteiger partial charge in [-0.3, -0.25) is 4.79 Å². The Morgan fingerprint density at radius 2 is 1.76 bits per heavy atom. The topological polar surface area (TPSA) is 56.5 Å². The summed E-state index contributed by atoms with van der Waals surface area (Å²) in [6.45, 7) is 0.521. The maximum absolute atomic E-state index is 13.3. The van der Waals surface area contributed by atoms with Gasteiger partial charge in [0.2, 0.25) is 0 Å². The summed E-state index contributed by atoms with van der Waals surface area (Å²) in [6.07, 6.45) is 7.42. The second kappa shape index (κ2) is 10.5. The van der Waals surface area contributed by atoms with E-state index in [2.05, 4.69) is 27.7 Å². The summed E-state index contributed by atoms with van der Waals surface area (Å²) < 4.78 is 8.50. The van der Waals surface area contributed by atoms with Gasteiger partial charge >= 0.3 is 0 Å². The Balaban J connectivity index is 1.43. The van der Waals surface area contributed by atoms with E-state index in [-0.39, 0.29) is 11.5 Å². The second-order valence-electron chi connectivity index (χ2n) is 8.65. The van der Waals surface area contributed by atoms with Crippen LogP contribution in [0.4, 0.5) is 0 Å². The normalized spacial score (nSPS) is 14.6. The van der Waals surface area contributed by atoms with Gasteiger partial charge in [0.25, 0.3) is 5.56 Å². The molecule has 1 aromatic heterocycles. The van der Waals surface area contributed by atoms with Crippen LogP contribution in [0, 0.1) is 3.57 Å². The summed E-state index contributed by atoms with van der Waals surface area (Å²) in [5.74, 6) is 1.86. The summed E-state index contributed by atoms with van der Waals surface area (Å²) in [5, 5.41) is 5.23. The number of para-hydroxylation sites is 1. The molecule has 1 aliphatic carbocycles. The molecule has 5 rings (SSSR count). The lowest BCUT2D eigenvalue weighted by molar-refractivity contribution is 0.304. The quantitative estimate of drug-likeness (QED) is 0.199. The minimum Gasteiger partial charge on any atom is -0.488 e. The van der Waals surface area contributed by atoms with Crippen molar-refractivity contribution in [3.05, 3.63) is 104 Å². The Hall–Kier alpha value is -3.00. The van der Waals surface area contributed by atoms with E-state index in [4.69, 9.17) is 9.72 Å². The third-order valence-corrected chi connectivity index (χ3v) is 7.11. The Labute approximate surface area is 212 Å². The van der Waals surface area contributed by atoms with Crippen molar-refractivity contribution in [3.8, 4) is 5.75 Å². The van der Waals surface area contributed by atoms with Crippen molar-refractivity contribution in [1.82, 2.24) is 9.66 Å². The molecule has 0 bridgehead atoms. The van der Waals surface area contributed by atoms with Gasteiger partial charge in [0.1, 0.15) is 18.2 Å². The molecule has 0 atom stereocenters. The highest BCUT2D eigenvalue weighted by Gasteiger charge is 2.22. The average molecular weight is 563 g/mol. The molecule has 0 N–H and O–H groups in total. The molecule has 0 amide bonds. The molecule has 0 saturated heterocycles. The van der Waals surface area contributed by atoms with Crippen LogP contribution in [0.1, 0.15) is 55.0 Å². The van der Waals surface area contributed by atoms with E-state index in [1.165, 1.54) is 23.9 Å². The van der Waals surface area contributed by atoms with Crippen LogP contribution in [-0.4, -0.2) is 15.9 Å². The van der Waals surface area contributed by atoms with Crippen LogP contribution >= 0.6 is 22.6 Å². The van der Waals surface area contributed by atoms with Crippen LogP contribution in [0.5, 0.6) is 5.75 Å². The van der Waals surface area contributed by atoms with E-state index in [9.17, 15) is 4.79 Å². The molecule has 0 unspecified atom stereocenters. The zero-order valence-electron chi connectivity index (χ0n) is 18.9. The van der Waals surface area contributed by atoms with Crippen LogP contribution in [0.3, 0.4) is 0 Å². The maximum atomic E-state index is 13.3. The molecule has 3 aromatic carbocycles. The van der Waals surface area contributed by atoms with Gasteiger partial charge in [0.15, 0.2) is 0 Å². The van der Waals surface area contributed by atoms with Gasteiger partial charge in [-0.1, -0.05) is 61.7 Å². The predicted molar refractivity (Wildman–Crippen MR) is 145 cm³/mol. The maximum Gasteiger partial charge on any atom is 0.282 e. The number of hydrogen-bond acceptors (Lipinski definition) is 4. The molecule has 1 saturated carbocycles. The number of nitrogens with zero attached hydrogens (tertiary/aromatic N) is 3. The third kappa shape index (κ3) is 5.06. The Morgan fingerprint density at radius 3 is 2.56 bits per heavy atom. The lowest BCUT2D eigenvalue weighted by atomic mass is 9.88.